The molecule has 6 aromatic rings. The van der Waals surface area contributed by atoms with Crippen LogP contribution in [0.5, 0.6) is 0 Å². The molecule has 0 saturated heterocycles. The van der Waals surface area contributed by atoms with Crippen LogP contribution < -0.4 is 10.3 Å². The third kappa shape index (κ3) is 3.56. The van der Waals surface area contributed by atoms with Crippen LogP contribution in [0.2, 0.25) is 0 Å². The first-order chi connectivity index (χ1) is 20.2. The van der Waals surface area contributed by atoms with E-state index in [2.05, 4.69) is 127 Å². The number of hydrogen-bond acceptors (Lipinski definition) is 3. The molecule has 0 saturated carbocycles. The van der Waals surface area contributed by atoms with E-state index in [-0.39, 0.29) is 5.43 Å². The fourth-order valence-corrected chi connectivity index (χ4v) is 6.39. The number of rotatable bonds is 5. The molecule has 3 nitrogen and oxygen atoms in total. The summed E-state index contributed by atoms with van der Waals surface area (Å²) >= 11 is 0. The van der Waals surface area contributed by atoms with E-state index < -0.39 is 5.41 Å². The normalized spacial score (nSPS) is 13.3. The van der Waals surface area contributed by atoms with Gasteiger partial charge in [0, 0.05) is 11.8 Å². The zero-order valence-electron chi connectivity index (χ0n) is 22.5. The van der Waals surface area contributed by atoms with Crippen LogP contribution in [0, 0.1) is 0 Å². The number of benzene rings is 5. The van der Waals surface area contributed by atoms with Crippen LogP contribution in [0.3, 0.4) is 0 Å². The predicted octanol–water partition coefficient (Wildman–Crippen LogP) is 9.24. The van der Waals surface area contributed by atoms with Crippen molar-refractivity contribution in [2.75, 3.05) is 4.90 Å². The van der Waals surface area contributed by atoms with E-state index in [1.54, 1.807) is 6.08 Å². The number of fused-ring (bicyclic) bond motifs is 3. The molecule has 0 bridgehead atoms. The quantitative estimate of drug-likeness (QED) is 0.223. The minimum Gasteiger partial charge on any atom is -0.456 e. The molecule has 196 valence electrons. The molecule has 2 heterocycles. The highest BCUT2D eigenvalue weighted by Crippen LogP contribution is 2.57. The van der Waals surface area contributed by atoms with Gasteiger partial charge < -0.3 is 9.32 Å². The average molecular weight is 530 g/mol. The van der Waals surface area contributed by atoms with Gasteiger partial charge in [0.05, 0.1) is 27.7 Å². The van der Waals surface area contributed by atoms with Gasteiger partial charge in [-0.3, -0.25) is 4.79 Å². The molecule has 0 spiro atoms. The molecule has 0 atom stereocenters. The Morgan fingerprint density at radius 1 is 0.634 bits per heavy atom. The van der Waals surface area contributed by atoms with Crippen molar-refractivity contribution in [1.29, 1.82) is 0 Å². The van der Waals surface area contributed by atoms with Crippen LogP contribution in [0.4, 0.5) is 17.1 Å². The maximum atomic E-state index is 13.2. The third-order valence-corrected chi connectivity index (χ3v) is 8.10. The monoisotopic (exact) mass is 529 g/mol. The van der Waals surface area contributed by atoms with Crippen molar-refractivity contribution in [3.05, 3.63) is 184 Å². The second-order valence-corrected chi connectivity index (χ2v) is 10.1. The van der Waals surface area contributed by atoms with E-state index in [1.807, 2.05) is 18.2 Å². The predicted molar refractivity (Wildman–Crippen MR) is 169 cm³/mol. The summed E-state index contributed by atoms with van der Waals surface area (Å²) in [6, 6.07) is 44.4. The van der Waals surface area contributed by atoms with E-state index in [0.717, 1.165) is 17.1 Å². The molecule has 0 unspecified atom stereocenters. The molecular formula is C38H27NO2. The maximum Gasteiger partial charge on any atom is 0.200 e. The smallest absolute Gasteiger partial charge is 0.200 e. The summed E-state index contributed by atoms with van der Waals surface area (Å²) < 4.78 is 6.18. The van der Waals surface area contributed by atoms with Crippen molar-refractivity contribution in [1.82, 2.24) is 0 Å². The van der Waals surface area contributed by atoms with Crippen molar-refractivity contribution < 1.29 is 4.42 Å². The Balaban J connectivity index is 1.56. The van der Waals surface area contributed by atoms with Crippen LogP contribution >= 0.6 is 0 Å². The zero-order chi connectivity index (χ0) is 28.0. The summed E-state index contributed by atoms with van der Waals surface area (Å²) in [6.45, 7) is 7.64. The van der Waals surface area contributed by atoms with Gasteiger partial charge in [-0.05, 0) is 52.6 Å². The molecule has 5 aromatic carbocycles. The lowest BCUT2D eigenvalue weighted by Gasteiger charge is -2.46. The third-order valence-electron chi connectivity index (χ3n) is 8.10. The SMILES string of the molecule is C=Cc1oc2cc(N3c4ccccc4C(c4ccccc4)(c4ccccc4)c4ccccc43)ccc2c(=O)c1C=C. The molecule has 0 radical (unpaired) electrons. The number of para-hydroxylation sites is 2. The summed E-state index contributed by atoms with van der Waals surface area (Å²) in [6.07, 6.45) is 3.09. The van der Waals surface area contributed by atoms with Crippen molar-refractivity contribution >= 4 is 40.2 Å². The fraction of sp³-hybridized carbons (Fsp3) is 0.0263. The number of anilines is 3. The van der Waals surface area contributed by atoms with E-state index in [0.29, 0.717) is 22.3 Å². The van der Waals surface area contributed by atoms with Crippen LogP contribution in [0.25, 0.3) is 23.1 Å². The highest BCUT2D eigenvalue weighted by molar-refractivity contribution is 5.92. The zero-order valence-corrected chi connectivity index (χ0v) is 22.5. The lowest BCUT2D eigenvalue weighted by atomic mass is 9.62. The molecular weight excluding hydrogens is 502 g/mol. The molecule has 0 amide bonds. The molecule has 0 N–H and O–H groups in total. The average Bonchev–Trinajstić information content (AvgIpc) is 3.04. The van der Waals surface area contributed by atoms with Gasteiger partial charge in [-0.25, -0.2) is 0 Å². The van der Waals surface area contributed by atoms with Gasteiger partial charge in [-0.1, -0.05) is 116 Å². The van der Waals surface area contributed by atoms with E-state index in [9.17, 15) is 4.79 Å². The van der Waals surface area contributed by atoms with Crippen molar-refractivity contribution in [2.24, 2.45) is 0 Å². The Labute approximate surface area is 239 Å². The van der Waals surface area contributed by atoms with E-state index >= 15 is 0 Å². The van der Waals surface area contributed by atoms with Crippen LogP contribution in [-0.2, 0) is 5.41 Å². The molecule has 7 rings (SSSR count). The molecule has 0 fully saturated rings. The molecule has 0 aliphatic carbocycles. The fourth-order valence-electron chi connectivity index (χ4n) is 6.39. The van der Waals surface area contributed by atoms with Gasteiger partial charge in [0.1, 0.15) is 11.3 Å². The minimum atomic E-state index is -0.537. The van der Waals surface area contributed by atoms with Crippen LogP contribution in [0.1, 0.15) is 33.6 Å². The van der Waals surface area contributed by atoms with Crippen molar-refractivity contribution in [2.45, 2.75) is 5.41 Å². The van der Waals surface area contributed by atoms with Crippen molar-refractivity contribution in [3.63, 3.8) is 0 Å². The van der Waals surface area contributed by atoms with Gasteiger partial charge in [-0.2, -0.15) is 0 Å². The van der Waals surface area contributed by atoms with Gasteiger partial charge in [0.15, 0.2) is 0 Å². The molecule has 3 heteroatoms. The Kier molecular flexibility index (Phi) is 5.80. The second kappa shape index (κ2) is 9.65. The van der Waals surface area contributed by atoms with Gasteiger partial charge in [0.2, 0.25) is 5.43 Å². The summed E-state index contributed by atoms with van der Waals surface area (Å²) in [5.74, 6) is 0.418. The Morgan fingerprint density at radius 3 is 1.71 bits per heavy atom. The standard InChI is InChI=1S/C38H27NO2/c1-3-29-35(4-2)41-36-25-28(23-24-30(36)37(29)40)39-33-21-13-11-19-31(33)38(26-15-7-5-8-16-26,27-17-9-6-10-18-27)32-20-12-14-22-34(32)39/h3-25H,1-2H2. The Bertz CT molecular complexity index is 1920. The first kappa shape index (κ1) is 24.6. The Morgan fingerprint density at radius 2 is 1.17 bits per heavy atom. The van der Waals surface area contributed by atoms with Gasteiger partial charge in [-0.15, -0.1) is 0 Å². The topological polar surface area (TPSA) is 33.5 Å². The largest absolute Gasteiger partial charge is 0.456 e. The van der Waals surface area contributed by atoms with E-state index in [1.165, 1.54) is 28.3 Å². The molecule has 1 aliphatic rings. The summed E-state index contributed by atoms with van der Waals surface area (Å²) in [5.41, 5.74) is 8.04. The van der Waals surface area contributed by atoms with E-state index in [4.69, 9.17) is 4.42 Å². The number of hydrogen-bond donors (Lipinski definition) is 0. The lowest BCUT2D eigenvalue weighted by Crippen LogP contribution is -2.37. The van der Waals surface area contributed by atoms with Crippen molar-refractivity contribution in [3.8, 4) is 0 Å². The van der Waals surface area contributed by atoms with Crippen LogP contribution in [0.15, 0.2) is 150 Å². The van der Waals surface area contributed by atoms with Gasteiger partial charge >= 0.3 is 0 Å². The van der Waals surface area contributed by atoms with Crippen LogP contribution in [-0.4, -0.2) is 0 Å². The maximum absolute atomic E-state index is 13.2. The summed E-state index contributed by atoms with van der Waals surface area (Å²) in [7, 11) is 0. The Hall–Kier alpha value is -5.41. The molecule has 41 heavy (non-hydrogen) atoms. The van der Waals surface area contributed by atoms with Gasteiger partial charge in [0.25, 0.3) is 0 Å². The molecule has 1 aliphatic heterocycles. The minimum absolute atomic E-state index is 0.116. The highest BCUT2D eigenvalue weighted by Gasteiger charge is 2.46. The number of nitrogens with zero attached hydrogens (tertiary/aromatic N) is 1. The summed E-state index contributed by atoms with van der Waals surface area (Å²) in [4.78, 5) is 15.5. The first-order valence-corrected chi connectivity index (χ1v) is 13.6. The lowest BCUT2D eigenvalue weighted by molar-refractivity contribution is 0.589. The highest BCUT2D eigenvalue weighted by atomic mass is 16.3. The summed E-state index contributed by atoms with van der Waals surface area (Å²) in [5, 5.41) is 0.510. The molecule has 1 aromatic heterocycles. The first-order valence-electron chi connectivity index (χ1n) is 13.6. The second-order valence-electron chi connectivity index (χ2n) is 10.1.